The summed E-state index contributed by atoms with van der Waals surface area (Å²) in [5, 5.41) is 3.16. The molecule has 0 radical (unpaired) electrons. The van der Waals surface area contributed by atoms with Gasteiger partial charge in [0.15, 0.2) is 0 Å². The van der Waals surface area contributed by atoms with E-state index < -0.39 is 0 Å². The first-order valence-electron chi connectivity index (χ1n) is 12.4. The summed E-state index contributed by atoms with van der Waals surface area (Å²) in [7, 11) is 0. The Morgan fingerprint density at radius 2 is 1.77 bits per heavy atom. The molecule has 1 unspecified atom stereocenters. The number of fused-ring (bicyclic) bond motifs is 1. The zero-order valence-corrected chi connectivity index (χ0v) is 21.4. The molecule has 1 atom stereocenters. The van der Waals surface area contributed by atoms with Gasteiger partial charge < -0.3 is 14.6 Å². The molecule has 0 aliphatic rings. The van der Waals surface area contributed by atoms with E-state index in [1.54, 1.807) is 0 Å². The van der Waals surface area contributed by atoms with E-state index in [0.29, 0.717) is 12.2 Å². The van der Waals surface area contributed by atoms with Gasteiger partial charge in [0.2, 0.25) is 0 Å². The summed E-state index contributed by atoms with van der Waals surface area (Å²) >= 11 is 0. The molecule has 1 N–H and O–H groups in total. The maximum Gasteiger partial charge on any atom is 0.252 e. The van der Waals surface area contributed by atoms with Crippen LogP contribution in [0.3, 0.4) is 0 Å². The Hall–Kier alpha value is -3.60. The van der Waals surface area contributed by atoms with Crippen LogP contribution in [0, 0.1) is 27.7 Å². The highest BCUT2D eigenvalue weighted by Gasteiger charge is 2.19. The molecule has 1 heterocycles. The van der Waals surface area contributed by atoms with Gasteiger partial charge in [-0.3, -0.25) is 4.79 Å². The Bertz CT molecular complexity index is 1340. The van der Waals surface area contributed by atoms with Gasteiger partial charge in [0, 0.05) is 12.1 Å². The smallest absolute Gasteiger partial charge is 0.252 e. The van der Waals surface area contributed by atoms with Crippen molar-refractivity contribution >= 4 is 16.9 Å². The average Bonchev–Trinajstić information content (AvgIpc) is 3.20. The molecule has 35 heavy (non-hydrogen) atoms. The highest BCUT2D eigenvalue weighted by atomic mass is 16.5. The minimum absolute atomic E-state index is 0.0736. The van der Waals surface area contributed by atoms with Crippen LogP contribution in [0.5, 0.6) is 5.75 Å². The summed E-state index contributed by atoms with van der Waals surface area (Å²) in [4.78, 5) is 17.9. The second-order valence-corrected chi connectivity index (χ2v) is 9.38. The molecular weight excluding hydrogens is 434 g/mol. The van der Waals surface area contributed by atoms with Gasteiger partial charge in [-0.05, 0) is 88.4 Å². The number of nitrogens with one attached hydrogen (secondary N) is 1. The molecule has 0 spiro atoms. The molecule has 182 valence electrons. The number of carbonyl (C=O) groups excluding carboxylic acids is 1. The monoisotopic (exact) mass is 469 g/mol. The number of ether oxygens (including phenoxy) is 1. The van der Waals surface area contributed by atoms with Crippen molar-refractivity contribution in [1.29, 1.82) is 0 Å². The number of hydrogen-bond acceptors (Lipinski definition) is 3. The van der Waals surface area contributed by atoms with Crippen LogP contribution in [0.4, 0.5) is 0 Å². The lowest BCUT2D eigenvalue weighted by Crippen LogP contribution is -2.29. The van der Waals surface area contributed by atoms with E-state index in [0.717, 1.165) is 53.1 Å². The Kier molecular flexibility index (Phi) is 7.54. The van der Waals surface area contributed by atoms with Crippen LogP contribution in [0.15, 0.2) is 60.7 Å². The predicted octanol–water partition coefficient (Wildman–Crippen LogP) is 6.62. The zero-order chi connectivity index (χ0) is 24.9. The zero-order valence-electron chi connectivity index (χ0n) is 21.4. The molecule has 0 saturated carbocycles. The first-order chi connectivity index (χ1) is 16.8. The van der Waals surface area contributed by atoms with E-state index in [1.165, 1.54) is 11.1 Å². The minimum atomic E-state index is -0.221. The number of para-hydroxylation sites is 2. The first kappa shape index (κ1) is 24.5. The van der Waals surface area contributed by atoms with E-state index >= 15 is 0 Å². The summed E-state index contributed by atoms with van der Waals surface area (Å²) in [5.74, 6) is 1.76. The Labute approximate surface area is 208 Å². The number of unbranched alkanes of at least 4 members (excludes halogenated alkanes) is 1. The topological polar surface area (TPSA) is 56.2 Å². The largest absolute Gasteiger partial charge is 0.493 e. The lowest BCUT2D eigenvalue weighted by atomic mass is 10.0. The van der Waals surface area contributed by atoms with Crippen LogP contribution in [-0.2, 0) is 6.54 Å². The fourth-order valence-corrected chi connectivity index (χ4v) is 4.50. The van der Waals surface area contributed by atoms with Crippen molar-refractivity contribution in [2.24, 2.45) is 0 Å². The van der Waals surface area contributed by atoms with Crippen molar-refractivity contribution in [3.63, 3.8) is 0 Å². The van der Waals surface area contributed by atoms with Crippen molar-refractivity contribution < 1.29 is 9.53 Å². The van der Waals surface area contributed by atoms with Crippen LogP contribution >= 0.6 is 0 Å². The first-order valence-corrected chi connectivity index (χ1v) is 12.4. The number of benzene rings is 3. The normalized spacial score (nSPS) is 12.0. The van der Waals surface area contributed by atoms with Gasteiger partial charge in [-0.15, -0.1) is 0 Å². The number of aryl methyl sites for hydroxylation is 4. The summed E-state index contributed by atoms with van der Waals surface area (Å²) < 4.78 is 8.28. The second kappa shape index (κ2) is 10.8. The molecule has 5 nitrogen and oxygen atoms in total. The van der Waals surface area contributed by atoms with Crippen molar-refractivity contribution in [3.05, 3.63) is 94.3 Å². The molecule has 0 fully saturated rings. The second-order valence-electron chi connectivity index (χ2n) is 9.38. The molecule has 5 heteroatoms. The van der Waals surface area contributed by atoms with Gasteiger partial charge in [0.1, 0.15) is 11.6 Å². The molecule has 1 aromatic heterocycles. The molecule has 3 aromatic carbocycles. The Morgan fingerprint density at radius 1 is 0.971 bits per heavy atom. The van der Waals surface area contributed by atoms with Crippen molar-refractivity contribution in [3.8, 4) is 5.75 Å². The molecule has 1 amide bonds. The standard InChI is InChI=1S/C30H35N3O2/c1-20-15-16-25(22(3)19-20)30(34)31-24(5)29-32-26-12-6-7-13-27(26)33(29)17-8-9-18-35-28-14-10-11-21(2)23(28)4/h6-7,10-16,19,24H,8-9,17-18H2,1-5H3,(H,31,34). The molecule has 0 saturated heterocycles. The lowest BCUT2D eigenvalue weighted by Gasteiger charge is -2.17. The number of rotatable bonds is 9. The highest BCUT2D eigenvalue weighted by Crippen LogP contribution is 2.23. The number of aromatic nitrogens is 2. The lowest BCUT2D eigenvalue weighted by molar-refractivity contribution is 0.0937. The van der Waals surface area contributed by atoms with Gasteiger partial charge in [-0.25, -0.2) is 4.98 Å². The third-order valence-electron chi connectivity index (χ3n) is 6.63. The minimum Gasteiger partial charge on any atom is -0.493 e. The maximum atomic E-state index is 13.0. The van der Waals surface area contributed by atoms with Gasteiger partial charge >= 0.3 is 0 Å². The van der Waals surface area contributed by atoms with Crippen LogP contribution in [-0.4, -0.2) is 22.1 Å². The Balaban J connectivity index is 1.44. The van der Waals surface area contributed by atoms with E-state index in [2.05, 4.69) is 35.9 Å². The predicted molar refractivity (Wildman–Crippen MR) is 142 cm³/mol. The van der Waals surface area contributed by atoms with Crippen LogP contribution in [0.1, 0.15) is 64.2 Å². The molecule has 0 aliphatic carbocycles. The molecule has 0 aliphatic heterocycles. The van der Waals surface area contributed by atoms with Gasteiger partial charge in [-0.1, -0.05) is 42.0 Å². The molecule has 4 rings (SSSR count). The van der Waals surface area contributed by atoms with Crippen LogP contribution in [0.25, 0.3) is 11.0 Å². The van der Waals surface area contributed by atoms with Crippen molar-refractivity contribution in [1.82, 2.24) is 14.9 Å². The number of imidazole rings is 1. The number of amides is 1. The van der Waals surface area contributed by atoms with E-state index in [-0.39, 0.29) is 11.9 Å². The number of hydrogen-bond donors (Lipinski definition) is 1. The van der Waals surface area contributed by atoms with Crippen LogP contribution in [0.2, 0.25) is 0 Å². The van der Waals surface area contributed by atoms with Crippen LogP contribution < -0.4 is 10.1 Å². The molecule has 4 aromatic rings. The molecular formula is C30H35N3O2. The number of carbonyl (C=O) groups is 1. The third-order valence-corrected chi connectivity index (χ3v) is 6.63. The van der Waals surface area contributed by atoms with E-state index in [4.69, 9.17) is 9.72 Å². The van der Waals surface area contributed by atoms with Gasteiger partial charge in [0.05, 0.1) is 23.7 Å². The summed E-state index contributed by atoms with van der Waals surface area (Å²) in [6.45, 7) is 11.7. The van der Waals surface area contributed by atoms with Crippen molar-refractivity contribution in [2.45, 2.75) is 60.0 Å². The van der Waals surface area contributed by atoms with Crippen molar-refractivity contribution in [2.75, 3.05) is 6.61 Å². The quantitative estimate of drug-likeness (QED) is 0.280. The maximum absolute atomic E-state index is 13.0. The highest BCUT2D eigenvalue weighted by molar-refractivity contribution is 5.96. The summed E-state index contributed by atoms with van der Waals surface area (Å²) in [6, 6.07) is 20.0. The van der Waals surface area contributed by atoms with Gasteiger partial charge in [0.25, 0.3) is 5.91 Å². The molecule has 0 bridgehead atoms. The Morgan fingerprint density at radius 3 is 2.57 bits per heavy atom. The number of nitrogens with zero attached hydrogens (tertiary/aromatic N) is 2. The SMILES string of the molecule is Cc1ccc(C(=O)NC(C)c2nc3ccccc3n2CCCCOc2cccc(C)c2C)c(C)c1. The van der Waals surface area contributed by atoms with E-state index in [1.807, 2.05) is 69.3 Å². The fourth-order valence-electron chi connectivity index (χ4n) is 4.50. The third kappa shape index (κ3) is 5.56. The van der Waals surface area contributed by atoms with E-state index in [9.17, 15) is 4.79 Å². The fraction of sp³-hybridized carbons (Fsp3) is 0.333. The average molecular weight is 470 g/mol. The summed E-state index contributed by atoms with van der Waals surface area (Å²) in [6.07, 6.45) is 1.89. The summed E-state index contributed by atoms with van der Waals surface area (Å²) in [5.41, 5.74) is 7.31. The van der Waals surface area contributed by atoms with Gasteiger partial charge in [-0.2, -0.15) is 0 Å².